The molecular formula is C14H24N2O2. The number of amides is 1. The number of fused-ring (bicyclic) bond motifs is 1. The third kappa shape index (κ3) is 1.69. The molecule has 3 rings (SSSR count). The summed E-state index contributed by atoms with van der Waals surface area (Å²) in [6, 6.07) is 0.144. The van der Waals surface area contributed by atoms with Crippen molar-refractivity contribution in [2.75, 3.05) is 6.61 Å². The minimum Gasteiger partial charge on any atom is -0.376 e. The van der Waals surface area contributed by atoms with E-state index in [1.54, 1.807) is 0 Å². The lowest BCUT2D eigenvalue weighted by molar-refractivity contribution is -0.135. The Morgan fingerprint density at radius 3 is 2.83 bits per heavy atom. The second-order valence-electron chi connectivity index (χ2n) is 6.21. The van der Waals surface area contributed by atoms with E-state index in [2.05, 4.69) is 12.2 Å². The monoisotopic (exact) mass is 252 g/mol. The lowest BCUT2D eigenvalue weighted by Crippen LogP contribution is -2.70. The maximum Gasteiger partial charge on any atom is 0.226 e. The van der Waals surface area contributed by atoms with E-state index in [-0.39, 0.29) is 29.5 Å². The number of nitrogens with two attached hydrogens (primary N) is 1. The predicted octanol–water partition coefficient (Wildman–Crippen LogP) is 1.19. The molecule has 0 aromatic heterocycles. The van der Waals surface area contributed by atoms with Gasteiger partial charge in [-0.15, -0.1) is 0 Å². The van der Waals surface area contributed by atoms with Crippen molar-refractivity contribution in [3.05, 3.63) is 0 Å². The van der Waals surface area contributed by atoms with Gasteiger partial charge in [-0.2, -0.15) is 0 Å². The molecule has 1 saturated heterocycles. The second kappa shape index (κ2) is 4.49. The minimum absolute atomic E-state index is 0.0500. The summed E-state index contributed by atoms with van der Waals surface area (Å²) < 4.78 is 5.67. The molecule has 2 saturated carbocycles. The molecule has 0 bridgehead atoms. The van der Waals surface area contributed by atoms with Gasteiger partial charge in [0.05, 0.1) is 12.1 Å². The Hall–Kier alpha value is -0.610. The van der Waals surface area contributed by atoms with E-state index in [1.807, 2.05) is 0 Å². The Bertz CT molecular complexity index is 339. The van der Waals surface area contributed by atoms with E-state index in [4.69, 9.17) is 10.5 Å². The van der Waals surface area contributed by atoms with Crippen molar-refractivity contribution in [3.63, 3.8) is 0 Å². The van der Waals surface area contributed by atoms with Crippen molar-refractivity contribution in [1.29, 1.82) is 0 Å². The van der Waals surface area contributed by atoms with Gasteiger partial charge < -0.3 is 15.8 Å². The van der Waals surface area contributed by atoms with Gasteiger partial charge in [0, 0.05) is 24.0 Å². The van der Waals surface area contributed by atoms with Crippen molar-refractivity contribution in [2.45, 2.75) is 63.6 Å². The third-order valence-corrected chi connectivity index (χ3v) is 5.46. The van der Waals surface area contributed by atoms with Crippen LogP contribution in [-0.2, 0) is 9.53 Å². The van der Waals surface area contributed by atoms with Crippen molar-refractivity contribution >= 4 is 5.91 Å². The zero-order valence-electron chi connectivity index (χ0n) is 11.2. The molecule has 4 heteroatoms. The number of hydrogen-bond acceptors (Lipinski definition) is 3. The van der Waals surface area contributed by atoms with Crippen LogP contribution in [0.3, 0.4) is 0 Å². The summed E-state index contributed by atoms with van der Waals surface area (Å²) in [6.07, 6.45) is 6.60. The molecule has 1 amide bonds. The molecule has 102 valence electrons. The van der Waals surface area contributed by atoms with Crippen LogP contribution in [0.2, 0.25) is 0 Å². The maximum atomic E-state index is 12.5. The lowest BCUT2D eigenvalue weighted by Gasteiger charge is -2.46. The van der Waals surface area contributed by atoms with Crippen LogP contribution in [0.4, 0.5) is 0 Å². The van der Waals surface area contributed by atoms with Gasteiger partial charge in [-0.05, 0) is 25.7 Å². The molecule has 3 N–H and O–H groups in total. The molecule has 0 aromatic carbocycles. The number of carbonyl (C=O) groups is 1. The Balaban J connectivity index is 1.64. The van der Waals surface area contributed by atoms with Crippen LogP contribution >= 0.6 is 0 Å². The van der Waals surface area contributed by atoms with E-state index in [9.17, 15) is 4.79 Å². The molecule has 0 aromatic rings. The maximum absolute atomic E-state index is 12.5. The Morgan fingerprint density at radius 2 is 2.17 bits per heavy atom. The van der Waals surface area contributed by atoms with Gasteiger partial charge in [0.1, 0.15) is 0 Å². The average molecular weight is 252 g/mol. The van der Waals surface area contributed by atoms with E-state index in [1.165, 1.54) is 12.8 Å². The number of ether oxygens (including phenoxy) is 1. The highest BCUT2D eigenvalue weighted by Crippen LogP contribution is 2.43. The van der Waals surface area contributed by atoms with Gasteiger partial charge in [0.25, 0.3) is 0 Å². The molecule has 2 aliphatic carbocycles. The standard InChI is InChI=1S/C14H24N2O2/c1-2-14(6-3-4-7-14)13(17)16-11-10(15)9-5-8-18-12(9)11/h9-12H,2-8,15H2,1H3,(H,16,17). The normalized spacial score (nSPS) is 41.2. The summed E-state index contributed by atoms with van der Waals surface area (Å²) in [7, 11) is 0. The van der Waals surface area contributed by atoms with Crippen LogP contribution in [0.5, 0.6) is 0 Å². The fourth-order valence-corrected chi connectivity index (χ4v) is 4.03. The zero-order valence-corrected chi connectivity index (χ0v) is 11.2. The summed E-state index contributed by atoms with van der Waals surface area (Å²) in [6.45, 7) is 2.93. The topological polar surface area (TPSA) is 64.4 Å². The summed E-state index contributed by atoms with van der Waals surface area (Å²) in [5, 5.41) is 3.18. The molecule has 0 radical (unpaired) electrons. The van der Waals surface area contributed by atoms with Gasteiger partial charge in [-0.3, -0.25) is 4.79 Å². The highest BCUT2D eigenvalue weighted by Gasteiger charge is 2.54. The van der Waals surface area contributed by atoms with Gasteiger partial charge >= 0.3 is 0 Å². The molecule has 3 fully saturated rings. The fourth-order valence-electron chi connectivity index (χ4n) is 4.03. The van der Waals surface area contributed by atoms with Crippen LogP contribution in [-0.4, -0.2) is 30.7 Å². The van der Waals surface area contributed by atoms with Gasteiger partial charge in [-0.1, -0.05) is 19.8 Å². The summed E-state index contributed by atoms with van der Waals surface area (Å²) in [5.41, 5.74) is 6.02. The first-order valence-corrected chi connectivity index (χ1v) is 7.36. The molecule has 3 aliphatic rings. The molecule has 4 nitrogen and oxygen atoms in total. The Morgan fingerprint density at radius 1 is 1.44 bits per heavy atom. The van der Waals surface area contributed by atoms with Crippen LogP contribution in [0, 0.1) is 11.3 Å². The lowest BCUT2D eigenvalue weighted by atomic mass is 9.71. The molecule has 0 spiro atoms. The molecular weight excluding hydrogens is 228 g/mol. The Kier molecular flexibility index (Phi) is 3.10. The third-order valence-electron chi connectivity index (χ3n) is 5.46. The number of carbonyl (C=O) groups excluding carboxylic acids is 1. The number of rotatable bonds is 3. The van der Waals surface area contributed by atoms with Crippen LogP contribution in [0.1, 0.15) is 45.4 Å². The highest BCUT2D eigenvalue weighted by atomic mass is 16.5. The summed E-state index contributed by atoms with van der Waals surface area (Å²) in [5.74, 6) is 0.688. The number of nitrogens with one attached hydrogen (secondary N) is 1. The van der Waals surface area contributed by atoms with E-state index >= 15 is 0 Å². The molecule has 1 aliphatic heterocycles. The predicted molar refractivity (Wildman–Crippen MR) is 68.9 cm³/mol. The zero-order chi connectivity index (χ0) is 12.8. The largest absolute Gasteiger partial charge is 0.376 e. The average Bonchev–Trinajstić information content (AvgIpc) is 3.03. The van der Waals surface area contributed by atoms with Crippen molar-refractivity contribution in [3.8, 4) is 0 Å². The van der Waals surface area contributed by atoms with Crippen LogP contribution in [0.15, 0.2) is 0 Å². The molecule has 18 heavy (non-hydrogen) atoms. The van der Waals surface area contributed by atoms with Gasteiger partial charge in [-0.25, -0.2) is 0 Å². The highest BCUT2D eigenvalue weighted by molar-refractivity contribution is 5.83. The minimum atomic E-state index is -0.122. The van der Waals surface area contributed by atoms with Crippen molar-refractivity contribution < 1.29 is 9.53 Å². The SMILES string of the molecule is CCC1(C(=O)NC2C(N)C3CCOC32)CCCC1. The molecule has 1 heterocycles. The van der Waals surface area contributed by atoms with E-state index < -0.39 is 0 Å². The summed E-state index contributed by atoms with van der Waals surface area (Å²) in [4.78, 5) is 12.5. The molecule has 4 unspecified atom stereocenters. The summed E-state index contributed by atoms with van der Waals surface area (Å²) >= 11 is 0. The van der Waals surface area contributed by atoms with Gasteiger partial charge in [0.2, 0.25) is 5.91 Å². The van der Waals surface area contributed by atoms with Gasteiger partial charge in [0.15, 0.2) is 0 Å². The fraction of sp³-hybridized carbons (Fsp3) is 0.929. The Labute approximate surface area is 109 Å². The number of hydrogen-bond donors (Lipinski definition) is 2. The molecule has 4 atom stereocenters. The quantitative estimate of drug-likeness (QED) is 0.793. The van der Waals surface area contributed by atoms with Crippen LogP contribution in [0.25, 0.3) is 0 Å². The smallest absolute Gasteiger partial charge is 0.226 e. The van der Waals surface area contributed by atoms with Crippen LogP contribution < -0.4 is 11.1 Å². The second-order valence-corrected chi connectivity index (χ2v) is 6.21. The van der Waals surface area contributed by atoms with E-state index in [0.29, 0.717) is 5.92 Å². The van der Waals surface area contributed by atoms with E-state index in [0.717, 1.165) is 32.3 Å². The first kappa shape index (κ1) is 12.4. The first-order valence-electron chi connectivity index (χ1n) is 7.36. The van der Waals surface area contributed by atoms with Crippen molar-refractivity contribution in [1.82, 2.24) is 5.32 Å². The first-order chi connectivity index (χ1) is 8.68. The van der Waals surface area contributed by atoms with Crippen molar-refractivity contribution in [2.24, 2.45) is 17.1 Å².